The van der Waals surface area contributed by atoms with Crippen molar-refractivity contribution >= 4 is 17.6 Å². The number of carboxylic acids is 1. The minimum Gasteiger partial charge on any atom is -0.497 e. The summed E-state index contributed by atoms with van der Waals surface area (Å²) in [7, 11) is 1.59. The van der Waals surface area contributed by atoms with Crippen LogP contribution in [0, 0.1) is 0 Å². The van der Waals surface area contributed by atoms with Crippen molar-refractivity contribution in [3.8, 4) is 22.8 Å². The van der Waals surface area contributed by atoms with Gasteiger partial charge in [-0.1, -0.05) is 11.6 Å². The number of hydrogen-bond acceptors (Lipinski definition) is 3. The predicted octanol–water partition coefficient (Wildman–Crippen LogP) is 3.90. The van der Waals surface area contributed by atoms with Crippen molar-refractivity contribution in [3.63, 3.8) is 0 Å². The van der Waals surface area contributed by atoms with Crippen molar-refractivity contribution in [2.45, 2.75) is 0 Å². The van der Waals surface area contributed by atoms with Crippen LogP contribution in [0.15, 0.2) is 54.7 Å². The van der Waals surface area contributed by atoms with Crippen LogP contribution < -0.4 is 4.74 Å². The fourth-order valence-corrected chi connectivity index (χ4v) is 2.35. The maximum atomic E-state index is 11.3. The van der Waals surface area contributed by atoms with Crippen LogP contribution in [0.25, 0.3) is 17.1 Å². The molecule has 0 atom stereocenters. The number of nitrogens with zero attached hydrogens (tertiary/aromatic N) is 2. The lowest BCUT2D eigenvalue weighted by molar-refractivity contribution is 0.0691. The van der Waals surface area contributed by atoms with Gasteiger partial charge in [0.2, 0.25) is 0 Å². The number of hydrogen-bond donors (Lipinski definition) is 1. The minimum absolute atomic E-state index is 0.0224. The predicted molar refractivity (Wildman–Crippen MR) is 87.5 cm³/mol. The summed E-state index contributed by atoms with van der Waals surface area (Å²) in [6.45, 7) is 0. The summed E-state index contributed by atoms with van der Waals surface area (Å²) in [4.78, 5) is 15.5. The zero-order valence-corrected chi connectivity index (χ0v) is 13.0. The highest BCUT2D eigenvalue weighted by Gasteiger charge is 2.16. The molecule has 5 nitrogen and oxygen atoms in total. The van der Waals surface area contributed by atoms with E-state index in [1.165, 1.54) is 6.20 Å². The zero-order chi connectivity index (χ0) is 16.4. The average Bonchev–Trinajstić information content (AvgIpc) is 3.01. The van der Waals surface area contributed by atoms with Gasteiger partial charge in [0, 0.05) is 22.5 Å². The number of ether oxygens (including phenoxy) is 1. The van der Waals surface area contributed by atoms with Crippen molar-refractivity contribution in [3.05, 3.63) is 65.4 Å². The van der Waals surface area contributed by atoms with E-state index in [1.54, 1.807) is 48.1 Å². The van der Waals surface area contributed by atoms with E-state index in [-0.39, 0.29) is 5.69 Å². The molecule has 6 heteroatoms. The minimum atomic E-state index is -1.08. The average molecular weight is 329 g/mol. The van der Waals surface area contributed by atoms with Crippen LogP contribution in [-0.2, 0) is 0 Å². The van der Waals surface area contributed by atoms with E-state index in [2.05, 4.69) is 4.98 Å². The number of carboxylic acid groups (broad SMARTS) is 1. The molecule has 2 aromatic carbocycles. The monoisotopic (exact) mass is 328 g/mol. The van der Waals surface area contributed by atoms with E-state index in [0.29, 0.717) is 10.8 Å². The highest BCUT2D eigenvalue weighted by molar-refractivity contribution is 6.30. The first-order chi connectivity index (χ1) is 11.1. The standard InChI is InChI=1S/C17H13ClN2O3/c1-23-14-8-6-13(7-9-14)20-10-15(17(21)22)19-16(20)11-2-4-12(18)5-3-11/h2-10H,1H3,(H,21,22). The summed E-state index contributed by atoms with van der Waals surface area (Å²) in [5.41, 5.74) is 1.54. The third-order valence-electron chi connectivity index (χ3n) is 3.38. The first-order valence-electron chi connectivity index (χ1n) is 6.81. The second-order valence-corrected chi connectivity index (χ2v) is 5.27. The molecule has 0 saturated carbocycles. The Balaban J connectivity index is 2.13. The van der Waals surface area contributed by atoms with Crippen LogP contribution in [-0.4, -0.2) is 27.7 Å². The van der Waals surface area contributed by atoms with E-state index in [4.69, 9.17) is 16.3 Å². The molecule has 0 fully saturated rings. The van der Waals surface area contributed by atoms with E-state index >= 15 is 0 Å². The molecule has 0 spiro atoms. The smallest absolute Gasteiger partial charge is 0.356 e. The first kappa shape index (κ1) is 15.1. The number of benzene rings is 2. The Labute approximate surface area is 137 Å². The summed E-state index contributed by atoms with van der Waals surface area (Å²) in [6.07, 6.45) is 1.49. The Morgan fingerprint density at radius 2 is 1.78 bits per heavy atom. The van der Waals surface area contributed by atoms with Gasteiger partial charge in [-0.15, -0.1) is 0 Å². The van der Waals surface area contributed by atoms with Gasteiger partial charge < -0.3 is 9.84 Å². The Bertz CT molecular complexity index is 839. The van der Waals surface area contributed by atoms with Gasteiger partial charge in [0.05, 0.1) is 7.11 Å². The van der Waals surface area contributed by atoms with Crippen LogP contribution in [0.3, 0.4) is 0 Å². The van der Waals surface area contributed by atoms with Gasteiger partial charge in [0.1, 0.15) is 11.6 Å². The molecule has 1 aromatic heterocycles. The number of rotatable bonds is 4. The molecule has 0 aliphatic rings. The summed E-state index contributed by atoms with van der Waals surface area (Å²) in [5, 5.41) is 9.83. The van der Waals surface area contributed by atoms with Crippen molar-refractivity contribution in [1.82, 2.24) is 9.55 Å². The Morgan fingerprint density at radius 3 is 2.35 bits per heavy atom. The van der Waals surface area contributed by atoms with Crippen molar-refractivity contribution in [1.29, 1.82) is 0 Å². The molecule has 0 unspecified atom stereocenters. The van der Waals surface area contributed by atoms with Crippen LogP contribution in [0.4, 0.5) is 0 Å². The molecule has 0 aliphatic carbocycles. The van der Waals surface area contributed by atoms with Gasteiger partial charge in [-0.3, -0.25) is 4.57 Å². The molecular weight excluding hydrogens is 316 g/mol. The van der Waals surface area contributed by atoms with Gasteiger partial charge in [0.25, 0.3) is 0 Å². The van der Waals surface area contributed by atoms with Crippen molar-refractivity contribution in [2.24, 2.45) is 0 Å². The Morgan fingerprint density at radius 1 is 1.13 bits per heavy atom. The molecule has 0 saturated heterocycles. The molecule has 3 aromatic rings. The van der Waals surface area contributed by atoms with Crippen molar-refractivity contribution < 1.29 is 14.6 Å². The molecular formula is C17H13ClN2O3. The summed E-state index contributed by atoms with van der Waals surface area (Å²) >= 11 is 5.91. The molecule has 3 rings (SSSR count). The van der Waals surface area contributed by atoms with Crippen LogP contribution in [0.5, 0.6) is 5.75 Å². The van der Waals surface area contributed by atoms with Crippen LogP contribution >= 0.6 is 11.6 Å². The fourth-order valence-electron chi connectivity index (χ4n) is 2.23. The fraction of sp³-hybridized carbons (Fsp3) is 0.0588. The van der Waals surface area contributed by atoms with E-state index in [0.717, 1.165) is 17.0 Å². The first-order valence-corrected chi connectivity index (χ1v) is 7.19. The van der Waals surface area contributed by atoms with Gasteiger partial charge in [-0.05, 0) is 48.5 Å². The molecule has 1 heterocycles. The molecule has 0 bridgehead atoms. The van der Waals surface area contributed by atoms with Crippen LogP contribution in [0.2, 0.25) is 5.02 Å². The second kappa shape index (κ2) is 6.14. The van der Waals surface area contributed by atoms with Gasteiger partial charge in [-0.25, -0.2) is 9.78 Å². The van der Waals surface area contributed by atoms with E-state index < -0.39 is 5.97 Å². The molecule has 1 N–H and O–H groups in total. The lowest BCUT2D eigenvalue weighted by Gasteiger charge is -2.08. The lowest BCUT2D eigenvalue weighted by Crippen LogP contribution is -1.96. The zero-order valence-electron chi connectivity index (χ0n) is 12.2. The van der Waals surface area contributed by atoms with Crippen molar-refractivity contribution in [2.75, 3.05) is 7.11 Å². The quantitative estimate of drug-likeness (QED) is 0.789. The van der Waals surface area contributed by atoms with E-state index in [1.807, 2.05) is 12.1 Å². The number of aromatic nitrogens is 2. The number of carbonyl (C=O) groups is 1. The van der Waals surface area contributed by atoms with Gasteiger partial charge in [0.15, 0.2) is 5.69 Å². The topological polar surface area (TPSA) is 64.3 Å². The third-order valence-corrected chi connectivity index (χ3v) is 3.63. The number of methoxy groups -OCH3 is 1. The second-order valence-electron chi connectivity index (χ2n) is 4.83. The maximum absolute atomic E-state index is 11.3. The third kappa shape index (κ3) is 3.05. The molecule has 0 amide bonds. The van der Waals surface area contributed by atoms with Gasteiger partial charge in [-0.2, -0.15) is 0 Å². The molecule has 116 valence electrons. The summed E-state index contributed by atoms with van der Waals surface area (Å²) in [6, 6.07) is 14.4. The Hall–Kier alpha value is -2.79. The van der Waals surface area contributed by atoms with Gasteiger partial charge >= 0.3 is 5.97 Å². The highest BCUT2D eigenvalue weighted by atomic mass is 35.5. The molecule has 0 aliphatic heterocycles. The molecule has 0 radical (unpaired) electrons. The highest BCUT2D eigenvalue weighted by Crippen LogP contribution is 2.25. The number of imidazole rings is 1. The number of aromatic carboxylic acids is 1. The normalized spacial score (nSPS) is 10.5. The van der Waals surface area contributed by atoms with E-state index in [9.17, 15) is 9.90 Å². The largest absolute Gasteiger partial charge is 0.497 e. The summed E-state index contributed by atoms with van der Waals surface area (Å²) < 4.78 is 6.87. The van der Waals surface area contributed by atoms with Crippen LogP contribution in [0.1, 0.15) is 10.5 Å². The Kier molecular flexibility index (Phi) is 4.04. The SMILES string of the molecule is COc1ccc(-n2cc(C(=O)O)nc2-c2ccc(Cl)cc2)cc1. The molecule has 23 heavy (non-hydrogen) atoms. The lowest BCUT2D eigenvalue weighted by atomic mass is 10.2. The maximum Gasteiger partial charge on any atom is 0.356 e. The number of halogens is 1. The summed E-state index contributed by atoms with van der Waals surface area (Å²) in [5.74, 6) is 0.178.